The minimum atomic E-state index is -0.350. The predicted octanol–water partition coefficient (Wildman–Crippen LogP) is 4.52. The molecule has 5 nitrogen and oxygen atoms in total. The van der Waals surface area contributed by atoms with Crippen molar-refractivity contribution in [1.82, 2.24) is 0 Å². The van der Waals surface area contributed by atoms with Crippen LogP contribution in [0.25, 0.3) is 0 Å². The Bertz CT molecular complexity index is 480. The number of nitrogens with one attached hydrogen (secondary N) is 1. The third-order valence-electron chi connectivity index (χ3n) is 3.76. The summed E-state index contributed by atoms with van der Waals surface area (Å²) in [7, 11) is 0. The molecule has 0 radical (unpaired) electrons. The van der Waals surface area contributed by atoms with Gasteiger partial charge >= 0.3 is 5.69 Å². The third kappa shape index (κ3) is 4.34. The van der Waals surface area contributed by atoms with Gasteiger partial charge < -0.3 is 10.1 Å². The quantitative estimate of drug-likeness (QED) is 0.492. The van der Waals surface area contributed by atoms with Gasteiger partial charge in [0.25, 0.3) is 0 Å². The van der Waals surface area contributed by atoms with Gasteiger partial charge in [0.2, 0.25) is 0 Å². The van der Waals surface area contributed by atoms with E-state index in [0.717, 1.165) is 12.8 Å². The molecule has 1 aliphatic carbocycles. The van der Waals surface area contributed by atoms with Crippen LogP contribution in [-0.2, 0) is 0 Å². The zero-order chi connectivity index (χ0) is 15.2. The highest BCUT2D eigenvalue weighted by Gasteiger charge is 2.23. The molecule has 0 aromatic heterocycles. The maximum absolute atomic E-state index is 11.4. The molecule has 1 aliphatic rings. The molecular formula is C16H24N2O3. The average molecular weight is 292 g/mol. The van der Waals surface area contributed by atoms with Crippen molar-refractivity contribution >= 4 is 11.4 Å². The molecule has 0 saturated heterocycles. The highest BCUT2D eigenvalue weighted by molar-refractivity contribution is 5.68. The number of ether oxygens (including phenoxy) is 1. The molecule has 1 aromatic rings. The van der Waals surface area contributed by atoms with Crippen molar-refractivity contribution in [2.45, 2.75) is 64.5 Å². The van der Waals surface area contributed by atoms with Crippen LogP contribution < -0.4 is 10.1 Å². The van der Waals surface area contributed by atoms with Gasteiger partial charge in [0.15, 0.2) is 5.75 Å². The summed E-state index contributed by atoms with van der Waals surface area (Å²) >= 11 is 0. The molecule has 1 fully saturated rings. The van der Waals surface area contributed by atoms with Crippen LogP contribution in [-0.4, -0.2) is 17.1 Å². The summed E-state index contributed by atoms with van der Waals surface area (Å²) in [5, 5.41) is 14.8. The summed E-state index contributed by atoms with van der Waals surface area (Å²) in [6.07, 6.45) is 6.96. The molecule has 0 atom stereocenters. The van der Waals surface area contributed by atoms with Gasteiger partial charge in [-0.1, -0.05) is 31.7 Å². The van der Waals surface area contributed by atoms with Crippen molar-refractivity contribution in [3.8, 4) is 5.75 Å². The molecule has 5 heteroatoms. The number of anilines is 1. The Labute approximate surface area is 125 Å². The van der Waals surface area contributed by atoms with E-state index in [1.807, 2.05) is 19.9 Å². The highest BCUT2D eigenvalue weighted by atomic mass is 16.6. The lowest BCUT2D eigenvalue weighted by Crippen LogP contribution is -2.19. The van der Waals surface area contributed by atoms with Gasteiger partial charge in [-0.25, -0.2) is 0 Å². The van der Waals surface area contributed by atoms with E-state index in [9.17, 15) is 10.1 Å². The second-order valence-electron chi connectivity index (χ2n) is 5.91. The lowest BCUT2D eigenvalue weighted by Gasteiger charge is -2.19. The first-order chi connectivity index (χ1) is 10.1. The Morgan fingerprint density at radius 1 is 1.24 bits per heavy atom. The van der Waals surface area contributed by atoms with Gasteiger partial charge in [-0.05, 0) is 38.8 Å². The Hall–Kier alpha value is -1.78. The first-order valence-electron chi connectivity index (χ1n) is 7.78. The summed E-state index contributed by atoms with van der Waals surface area (Å²) in [5.74, 6) is 0.341. The maximum Gasteiger partial charge on any atom is 0.333 e. The van der Waals surface area contributed by atoms with Crippen LogP contribution in [0.5, 0.6) is 5.75 Å². The minimum absolute atomic E-state index is 0.0513. The Morgan fingerprint density at radius 3 is 2.48 bits per heavy atom. The molecule has 0 spiro atoms. The number of nitrogens with zero attached hydrogens (tertiary/aromatic N) is 1. The fraction of sp³-hybridized carbons (Fsp3) is 0.625. The third-order valence-corrected chi connectivity index (χ3v) is 3.76. The monoisotopic (exact) mass is 292 g/mol. The number of benzene rings is 1. The molecule has 116 valence electrons. The smallest absolute Gasteiger partial charge is 0.333 e. The first kappa shape index (κ1) is 15.6. The first-order valence-corrected chi connectivity index (χ1v) is 7.78. The van der Waals surface area contributed by atoms with E-state index in [1.165, 1.54) is 25.7 Å². The van der Waals surface area contributed by atoms with Gasteiger partial charge in [-0.15, -0.1) is 0 Å². The highest BCUT2D eigenvalue weighted by Crippen LogP contribution is 2.36. The second-order valence-corrected chi connectivity index (χ2v) is 5.91. The van der Waals surface area contributed by atoms with Crippen LogP contribution in [0.4, 0.5) is 11.4 Å². The summed E-state index contributed by atoms with van der Waals surface area (Å²) in [6, 6.07) is 5.57. The SMILES string of the molecule is CC(C)Oc1cccc(NC2CCCCCC2)c1[N+](=O)[O-]. The Kier molecular flexibility index (Phi) is 5.42. The summed E-state index contributed by atoms with van der Waals surface area (Å²) in [6.45, 7) is 3.74. The largest absolute Gasteiger partial charge is 0.484 e. The molecule has 0 amide bonds. The van der Waals surface area contributed by atoms with Crippen molar-refractivity contribution in [2.75, 3.05) is 5.32 Å². The van der Waals surface area contributed by atoms with Crippen LogP contribution in [0.3, 0.4) is 0 Å². The number of hydrogen-bond donors (Lipinski definition) is 1. The average Bonchev–Trinajstić information content (AvgIpc) is 2.66. The standard InChI is InChI=1S/C16H24N2O3/c1-12(2)21-15-11-7-10-14(16(15)18(19)20)17-13-8-5-3-4-6-9-13/h7,10-13,17H,3-6,8-9H2,1-2H3. The topological polar surface area (TPSA) is 64.4 Å². The van der Waals surface area contributed by atoms with E-state index >= 15 is 0 Å². The van der Waals surface area contributed by atoms with Crippen LogP contribution in [0, 0.1) is 10.1 Å². The van der Waals surface area contributed by atoms with E-state index in [0.29, 0.717) is 17.5 Å². The lowest BCUT2D eigenvalue weighted by molar-refractivity contribution is -0.385. The molecule has 1 aromatic carbocycles. The van der Waals surface area contributed by atoms with Crippen molar-refractivity contribution < 1.29 is 9.66 Å². The Balaban J connectivity index is 2.22. The number of nitro groups is 1. The number of nitro benzene ring substituents is 1. The number of hydrogen-bond acceptors (Lipinski definition) is 4. The zero-order valence-corrected chi connectivity index (χ0v) is 12.8. The minimum Gasteiger partial charge on any atom is -0.484 e. The maximum atomic E-state index is 11.4. The van der Waals surface area contributed by atoms with Gasteiger partial charge in [0, 0.05) is 6.04 Å². The molecule has 1 saturated carbocycles. The molecule has 0 unspecified atom stereocenters. The fourth-order valence-corrected chi connectivity index (χ4v) is 2.82. The predicted molar refractivity (Wildman–Crippen MR) is 84.0 cm³/mol. The van der Waals surface area contributed by atoms with E-state index in [2.05, 4.69) is 5.32 Å². The summed E-state index contributed by atoms with van der Waals surface area (Å²) in [5.41, 5.74) is 0.625. The van der Waals surface area contributed by atoms with Crippen molar-refractivity contribution in [3.05, 3.63) is 28.3 Å². The van der Waals surface area contributed by atoms with Crippen molar-refractivity contribution in [3.63, 3.8) is 0 Å². The molecule has 0 bridgehead atoms. The van der Waals surface area contributed by atoms with Crippen LogP contribution in [0.2, 0.25) is 0 Å². The van der Waals surface area contributed by atoms with E-state index in [1.54, 1.807) is 12.1 Å². The number of rotatable bonds is 5. The van der Waals surface area contributed by atoms with E-state index in [4.69, 9.17) is 4.74 Å². The van der Waals surface area contributed by atoms with Gasteiger partial charge in [0.05, 0.1) is 11.0 Å². The summed E-state index contributed by atoms with van der Waals surface area (Å²) in [4.78, 5) is 11.1. The molecule has 2 rings (SSSR count). The number of para-hydroxylation sites is 1. The zero-order valence-electron chi connectivity index (χ0n) is 12.8. The molecule has 0 aliphatic heterocycles. The normalized spacial score (nSPS) is 16.5. The van der Waals surface area contributed by atoms with Crippen molar-refractivity contribution in [2.24, 2.45) is 0 Å². The van der Waals surface area contributed by atoms with Crippen LogP contribution >= 0.6 is 0 Å². The van der Waals surface area contributed by atoms with E-state index in [-0.39, 0.29) is 16.7 Å². The van der Waals surface area contributed by atoms with Gasteiger partial charge in [-0.3, -0.25) is 10.1 Å². The van der Waals surface area contributed by atoms with Crippen LogP contribution in [0.1, 0.15) is 52.4 Å². The fourth-order valence-electron chi connectivity index (χ4n) is 2.82. The molecule has 0 heterocycles. The molecule has 21 heavy (non-hydrogen) atoms. The Morgan fingerprint density at radius 2 is 1.90 bits per heavy atom. The van der Waals surface area contributed by atoms with Gasteiger partial charge in [-0.2, -0.15) is 0 Å². The summed E-state index contributed by atoms with van der Waals surface area (Å²) < 4.78 is 5.58. The van der Waals surface area contributed by atoms with Gasteiger partial charge in [0.1, 0.15) is 5.69 Å². The molecule has 1 N–H and O–H groups in total. The van der Waals surface area contributed by atoms with Crippen LogP contribution in [0.15, 0.2) is 18.2 Å². The van der Waals surface area contributed by atoms with E-state index < -0.39 is 0 Å². The lowest BCUT2D eigenvalue weighted by atomic mass is 10.1. The van der Waals surface area contributed by atoms with Crippen molar-refractivity contribution in [1.29, 1.82) is 0 Å². The molecular weight excluding hydrogens is 268 g/mol. The second kappa shape index (κ2) is 7.29.